The molecular weight excluding hydrogens is 372 g/mol. The first kappa shape index (κ1) is 18.6. The van der Waals surface area contributed by atoms with Crippen LogP contribution in [0.3, 0.4) is 0 Å². The van der Waals surface area contributed by atoms with E-state index in [2.05, 4.69) is 30.7 Å². The first-order valence-corrected chi connectivity index (χ1v) is 7.11. The lowest BCUT2D eigenvalue weighted by molar-refractivity contribution is -0.384. The SMILES string of the molecule is COC(=O)/C=C(/Nc1c([N+](=O)[O-])cc(C)c(C)c1Br)C(=O)OC. The fraction of sp³-hybridized carbons (Fsp3) is 0.286. The minimum Gasteiger partial charge on any atom is -0.466 e. The van der Waals surface area contributed by atoms with Gasteiger partial charge in [-0.05, 0) is 40.9 Å². The van der Waals surface area contributed by atoms with Crippen molar-refractivity contribution in [3.05, 3.63) is 43.6 Å². The van der Waals surface area contributed by atoms with Gasteiger partial charge in [0, 0.05) is 6.07 Å². The van der Waals surface area contributed by atoms with Gasteiger partial charge in [-0.25, -0.2) is 9.59 Å². The van der Waals surface area contributed by atoms with Crippen molar-refractivity contribution in [2.24, 2.45) is 0 Å². The van der Waals surface area contributed by atoms with Gasteiger partial charge in [0.2, 0.25) is 0 Å². The molecule has 0 aliphatic rings. The second-order valence-electron chi connectivity index (χ2n) is 4.48. The number of hydrogen-bond donors (Lipinski definition) is 1. The number of ether oxygens (including phenoxy) is 2. The molecule has 1 rings (SSSR count). The van der Waals surface area contributed by atoms with E-state index in [9.17, 15) is 19.7 Å². The number of carbonyl (C=O) groups excluding carboxylic acids is 2. The summed E-state index contributed by atoms with van der Waals surface area (Å²) in [5, 5.41) is 13.8. The van der Waals surface area contributed by atoms with Crippen LogP contribution in [0.4, 0.5) is 11.4 Å². The number of anilines is 1. The van der Waals surface area contributed by atoms with Crippen LogP contribution in [0.2, 0.25) is 0 Å². The van der Waals surface area contributed by atoms with E-state index in [1.807, 2.05) is 0 Å². The van der Waals surface area contributed by atoms with E-state index in [-0.39, 0.29) is 17.1 Å². The molecule has 0 saturated carbocycles. The van der Waals surface area contributed by atoms with E-state index in [1.165, 1.54) is 6.07 Å². The average molecular weight is 387 g/mol. The Hall–Kier alpha value is -2.42. The molecule has 0 amide bonds. The van der Waals surface area contributed by atoms with E-state index < -0.39 is 16.9 Å². The molecule has 1 aromatic rings. The van der Waals surface area contributed by atoms with Crippen LogP contribution < -0.4 is 5.32 Å². The molecule has 0 bridgehead atoms. The molecule has 8 nitrogen and oxygen atoms in total. The van der Waals surface area contributed by atoms with Crippen LogP contribution in [-0.4, -0.2) is 31.1 Å². The van der Waals surface area contributed by atoms with Crippen LogP contribution in [0.25, 0.3) is 0 Å². The van der Waals surface area contributed by atoms with Crippen LogP contribution in [0.1, 0.15) is 11.1 Å². The van der Waals surface area contributed by atoms with Gasteiger partial charge in [0.25, 0.3) is 5.69 Å². The molecule has 0 radical (unpaired) electrons. The van der Waals surface area contributed by atoms with Crippen molar-refractivity contribution < 1.29 is 24.0 Å². The Bertz CT molecular complexity index is 699. The normalized spacial score (nSPS) is 10.9. The first-order chi connectivity index (χ1) is 10.7. The van der Waals surface area contributed by atoms with Crippen molar-refractivity contribution in [2.75, 3.05) is 19.5 Å². The number of nitrogens with one attached hydrogen (secondary N) is 1. The van der Waals surface area contributed by atoms with Crippen LogP contribution in [0, 0.1) is 24.0 Å². The molecule has 0 saturated heterocycles. The van der Waals surface area contributed by atoms with Crippen molar-refractivity contribution in [2.45, 2.75) is 13.8 Å². The maximum absolute atomic E-state index is 11.8. The summed E-state index contributed by atoms with van der Waals surface area (Å²) in [6.07, 6.45) is 0.858. The quantitative estimate of drug-likeness (QED) is 0.358. The number of nitrogens with zero attached hydrogens (tertiary/aromatic N) is 1. The van der Waals surface area contributed by atoms with Gasteiger partial charge in [-0.15, -0.1) is 0 Å². The maximum Gasteiger partial charge on any atom is 0.354 e. The van der Waals surface area contributed by atoms with Crippen LogP contribution in [0.15, 0.2) is 22.3 Å². The lowest BCUT2D eigenvalue weighted by atomic mass is 10.1. The van der Waals surface area contributed by atoms with E-state index in [0.29, 0.717) is 10.0 Å². The number of nitro groups is 1. The molecule has 9 heteroatoms. The van der Waals surface area contributed by atoms with Gasteiger partial charge in [0.05, 0.1) is 29.7 Å². The number of methoxy groups -OCH3 is 2. The van der Waals surface area contributed by atoms with Crippen LogP contribution in [-0.2, 0) is 19.1 Å². The fourth-order valence-corrected chi connectivity index (χ4v) is 2.30. The summed E-state index contributed by atoms with van der Waals surface area (Å²) in [5.41, 5.74) is 0.954. The largest absolute Gasteiger partial charge is 0.466 e. The first-order valence-electron chi connectivity index (χ1n) is 6.32. The van der Waals surface area contributed by atoms with Gasteiger partial charge in [0.15, 0.2) is 0 Å². The predicted molar refractivity (Wildman–Crippen MR) is 86.0 cm³/mol. The molecule has 0 fully saturated rings. The van der Waals surface area contributed by atoms with Crippen LogP contribution in [0.5, 0.6) is 0 Å². The zero-order valence-corrected chi connectivity index (χ0v) is 14.5. The summed E-state index contributed by atoms with van der Waals surface area (Å²) in [7, 11) is 2.26. The highest BCUT2D eigenvalue weighted by atomic mass is 79.9. The molecule has 0 aliphatic heterocycles. The number of nitro benzene ring substituents is 1. The van der Waals surface area contributed by atoms with Gasteiger partial charge in [-0.3, -0.25) is 10.1 Å². The number of halogens is 1. The summed E-state index contributed by atoms with van der Waals surface area (Å²) in [5.74, 6) is -1.67. The van der Waals surface area contributed by atoms with Crippen molar-refractivity contribution in [3.63, 3.8) is 0 Å². The molecule has 0 aromatic heterocycles. The molecule has 0 unspecified atom stereocenters. The maximum atomic E-state index is 11.8. The Morgan fingerprint density at radius 3 is 2.39 bits per heavy atom. The summed E-state index contributed by atoms with van der Waals surface area (Å²) < 4.78 is 9.42. The number of aryl methyl sites for hydroxylation is 1. The highest BCUT2D eigenvalue weighted by Gasteiger charge is 2.24. The van der Waals surface area contributed by atoms with Gasteiger partial charge in [0.1, 0.15) is 11.4 Å². The molecular formula is C14H15BrN2O6. The Balaban J connectivity index is 3.47. The second-order valence-corrected chi connectivity index (χ2v) is 5.27. The summed E-state index contributed by atoms with van der Waals surface area (Å²) >= 11 is 3.27. The Morgan fingerprint density at radius 1 is 1.30 bits per heavy atom. The smallest absolute Gasteiger partial charge is 0.354 e. The van der Waals surface area contributed by atoms with Crippen molar-refractivity contribution in [3.8, 4) is 0 Å². The van der Waals surface area contributed by atoms with Crippen molar-refractivity contribution in [1.82, 2.24) is 0 Å². The third-order valence-electron chi connectivity index (χ3n) is 3.07. The topological polar surface area (TPSA) is 108 Å². The monoisotopic (exact) mass is 386 g/mol. The zero-order valence-electron chi connectivity index (χ0n) is 12.9. The Morgan fingerprint density at radius 2 is 1.91 bits per heavy atom. The second kappa shape index (κ2) is 7.73. The average Bonchev–Trinajstić information content (AvgIpc) is 2.52. The molecule has 0 aliphatic carbocycles. The summed E-state index contributed by atoms with van der Waals surface area (Å²) in [6, 6.07) is 1.37. The minimum absolute atomic E-state index is 0.0404. The Kier molecular flexibility index (Phi) is 6.26. The number of carbonyl (C=O) groups is 2. The third-order valence-corrected chi connectivity index (χ3v) is 4.07. The van der Waals surface area contributed by atoms with Gasteiger partial charge >= 0.3 is 11.9 Å². The molecule has 0 atom stereocenters. The highest BCUT2D eigenvalue weighted by Crippen LogP contribution is 2.38. The number of esters is 2. The summed E-state index contributed by atoms with van der Waals surface area (Å²) in [6.45, 7) is 3.48. The lowest BCUT2D eigenvalue weighted by Gasteiger charge is -2.14. The fourth-order valence-electron chi connectivity index (χ4n) is 1.69. The van der Waals surface area contributed by atoms with Gasteiger partial charge in [-0.1, -0.05) is 0 Å². The molecule has 1 N–H and O–H groups in total. The molecule has 0 heterocycles. The van der Waals surface area contributed by atoms with E-state index in [1.54, 1.807) is 13.8 Å². The van der Waals surface area contributed by atoms with Gasteiger partial charge < -0.3 is 14.8 Å². The van der Waals surface area contributed by atoms with Crippen LogP contribution >= 0.6 is 15.9 Å². The van der Waals surface area contributed by atoms with Crippen molar-refractivity contribution >= 4 is 39.2 Å². The van der Waals surface area contributed by atoms with E-state index >= 15 is 0 Å². The zero-order chi connectivity index (χ0) is 17.7. The molecule has 0 spiro atoms. The number of benzene rings is 1. The number of hydrogen-bond acceptors (Lipinski definition) is 7. The standard InChI is InChI=1S/C14H15BrN2O6/c1-7-5-10(17(20)21)13(12(15)8(7)2)16-9(14(19)23-4)6-11(18)22-3/h5-6,16H,1-4H3/b9-6+. The van der Waals surface area contributed by atoms with E-state index in [4.69, 9.17) is 0 Å². The molecule has 23 heavy (non-hydrogen) atoms. The third kappa shape index (κ3) is 4.28. The molecule has 124 valence electrons. The highest BCUT2D eigenvalue weighted by molar-refractivity contribution is 9.10. The number of rotatable bonds is 5. The summed E-state index contributed by atoms with van der Waals surface area (Å²) in [4.78, 5) is 33.8. The molecule has 1 aromatic carbocycles. The van der Waals surface area contributed by atoms with Crippen molar-refractivity contribution in [1.29, 1.82) is 0 Å². The van der Waals surface area contributed by atoms with E-state index in [0.717, 1.165) is 25.9 Å². The Labute approximate surface area is 140 Å². The van der Waals surface area contributed by atoms with Gasteiger partial charge in [-0.2, -0.15) is 0 Å². The predicted octanol–water partition coefficient (Wildman–Crippen LogP) is 2.62. The minimum atomic E-state index is -0.866. The lowest BCUT2D eigenvalue weighted by Crippen LogP contribution is -2.16.